The van der Waals surface area contributed by atoms with Gasteiger partial charge in [0.25, 0.3) is 0 Å². The largest absolute Gasteiger partial charge is 0.435 e. The Bertz CT molecular complexity index is 898. The van der Waals surface area contributed by atoms with Crippen molar-refractivity contribution in [2.45, 2.75) is 12.7 Å². The fraction of sp³-hybridized carbons (Fsp3) is 0.133. The predicted octanol–water partition coefficient (Wildman–Crippen LogP) is 3.92. The molecule has 0 N–H and O–H groups in total. The fourth-order valence-corrected chi connectivity index (χ4v) is 2.88. The van der Waals surface area contributed by atoms with Gasteiger partial charge in [0.1, 0.15) is 11.6 Å². The minimum absolute atomic E-state index is 0.0506. The third-order valence-electron chi connectivity index (χ3n) is 3.33. The Balaban J connectivity index is 2.08. The molecule has 2 heterocycles. The highest BCUT2D eigenvalue weighted by Crippen LogP contribution is 2.33. The maximum atomic E-state index is 13.7. The molecule has 0 bridgehead atoms. The molecule has 0 spiro atoms. The topological polar surface area (TPSA) is 47.8 Å². The first kappa shape index (κ1) is 17.2. The first-order chi connectivity index (χ1) is 11.8. The van der Waals surface area contributed by atoms with Crippen LogP contribution in [0, 0.1) is 11.6 Å². The van der Waals surface area contributed by atoms with Gasteiger partial charge in [-0.05, 0) is 23.6 Å². The summed E-state index contributed by atoms with van der Waals surface area (Å²) in [6.45, 7) is -0.849. The molecule has 0 saturated carbocycles. The van der Waals surface area contributed by atoms with Crippen molar-refractivity contribution in [2.75, 3.05) is 0 Å². The lowest BCUT2D eigenvalue weighted by molar-refractivity contribution is -0.144. The van der Waals surface area contributed by atoms with E-state index in [1.807, 2.05) is 0 Å². The van der Waals surface area contributed by atoms with Gasteiger partial charge >= 0.3 is 6.18 Å². The second-order valence-corrected chi connectivity index (χ2v) is 5.90. The number of thiophene rings is 1. The van der Waals surface area contributed by atoms with E-state index in [1.54, 1.807) is 0 Å². The van der Waals surface area contributed by atoms with E-state index in [4.69, 9.17) is 0 Å². The molecule has 0 radical (unpaired) electrons. The van der Waals surface area contributed by atoms with Gasteiger partial charge in [-0.15, -0.1) is 16.4 Å². The molecule has 2 aromatic heterocycles. The standard InChI is InChI=1S/C15H8F5N3OS/c16-9-3-1-4-10(17)8(9)7-23-14(15(18,19)20)12(21-22-23)13(24)11-5-2-6-25-11/h1-6H,7H2. The molecule has 0 fully saturated rings. The van der Waals surface area contributed by atoms with Crippen LogP contribution < -0.4 is 0 Å². The number of carbonyl (C=O) groups is 1. The highest BCUT2D eigenvalue weighted by Gasteiger charge is 2.42. The first-order valence-corrected chi connectivity index (χ1v) is 7.68. The van der Waals surface area contributed by atoms with Crippen molar-refractivity contribution >= 4 is 17.1 Å². The molecule has 0 amide bonds. The lowest BCUT2D eigenvalue weighted by Crippen LogP contribution is -2.20. The molecular weight excluding hydrogens is 365 g/mol. The number of alkyl halides is 3. The van der Waals surface area contributed by atoms with Crippen LogP contribution >= 0.6 is 11.3 Å². The van der Waals surface area contributed by atoms with Crippen LogP contribution in [-0.2, 0) is 12.7 Å². The Morgan fingerprint density at radius 1 is 1.12 bits per heavy atom. The minimum atomic E-state index is -4.98. The molecular formula is C15H8F5N3OS. The number of hydrogen-bond donors (Lipinski definition) is 0. The van der Waals surface area contributed by atoms with E-state index >= 15 is 0 Å². The quantitative estimate of drug-likeness (QED) is 0.515. The molecule has 130 valence electrons. The second-order valence-electron chi connectivity index (χ2n) is 4.95. The number of nitrogens with zero attached hydrogens (tertiary/aromatic N) is 3. The third-order valence-corrected chi connectivity index (χ3v) is 4.20. The van der Waals surface area contributed by atoms with Gasteiger partial charge in [-0.3, -0.25) is 4.79 Å². The van der Waals surface area contributed by atoms with Crippen molar-refractivity contribution in [2.24, 2.45) is 0 Å². The van der Waals surface area contributed by atoms with Crippen LogP contribution in [-0.4, -0.2) is 20.8 Å². The summed E-state index contributed by atoms with van der Waals surface area (Å²) in [6.07, 6.45) is -4.98. The Kier molecular flexibility index (Phi) is 4.38. The number of carbonyl (C=O) groups excluding carboxylic acids is 1. The van der Waals surface area contributed by atoms with Gasteiger partial charge in [-0.25, -0.2) is 13.5 Å². The SMILES string of the molecule is O=C(c1cccs1)c1nnn(Cc2c(F)cccc2F)c1C(F)(F)F. The summed E-state index contributed by atoms with van der Waals surface area (Å²) in [7, 11) is 0. The second kappa shape index (κ2) is 6.36. The van der Waals surface area contributed by atoms with Crippen molar-refractivity contribution in [1.82, 2.24) is 15.0 Å². The number of aromatic nitrogens is 3. The van der Waals surface area contributed by atoms with Crippen LogP contribution in [0.4, 0.5) is 22.0 Å². The Morgan fingerprint density at radius 3 is 2.36 bits per heavy atom. The molecule has 3 aromatic rings. The maximum Gasteiger partial charge on any atom is 0.435 e. The van der Waals surface area contributed by atoms with Gasteiger partial charge in [-0.2, -0.15) is 13.2 Å². The molecule has 0 aliphatic carbocycles. The fourth-order valence-electron chi connectivity index (χ4n) is 2.21. The number of rotatable bonds is 4. The molecule has 4 nitrogen and oxygen atoms in total. The average molecular weight is 373 g/mol. The van der Waals surface area contributed by atoms with E-state index in [2.05, 4.69) is 10.3 Å². The van der Waals surface area contributed by atoms with E-state index in [1.165, 1.54) is 17.5 Å². The van der Waals surface area contributed by atoms with Crippen LogP contribution in [0.25, 0.3) is 0 Å². The molecule has 0 aliphatic rings. The van der Waals surface area contributed by atoms with Gasteiger partial charge in [0.05, 0.1) is 11.4 Å². The van der Waals surface area contributed by atoms with Crippen molar-refractivity contribution in [3.05, 3.63) is 69.2 Å². The average Bonchev–Trinajstić information content (AvgIpc) is 3.19. The first-order valence-electron chi connectivity index (χ1n) is 6.81. The Morgan fingerprint density at radius 2 is 1.80 bits per heavy atom. The van der Waals surface area contributed by atoms with E-state index in [0.717, 1.165) is 29.5 Å². The number of ketones is 1. The summed E-state index contributed by atoms with van der Waals surface area (Å²) < 4.78 is 67.9. The third kappa shape index (κ3) is 3.29. The summed E-state index contributed by atoms with van der Waals surface area (Å²) >= 11 is 0.949. The zero-order valence-electron chi connectivity index (χ0n) is 12.2. The zero-order valence-corrected chi connectivity index (χ0v) is 13.0. The molecule has 1 aromatic carbocycles. The summed E-state index contributed by atoms with van der Waals surface area (Å²) in [4.78, 5) is 12.3. The van der Waals surface area contributed by atoms with Gasteiger partial charge in [0.15, 0.2) is 11.4 Å². The van der Waals surface area contributed by atoms with Crippen LogP contribution in [0.2, 0.25) is 0 Å². The lowest BCUT2D eigenvalue weighted by atomic mass is 10.1. The van der Waals surface area contributed by atoms with Gasteiger partial charge in [0.2, 0.25) is 5.78 Å². The summed E-state index contributed by atoms with van der Waals surface area (Å²) in [5, 5.41) is 8.11. The maximum absolute atomic E-state index is 13.7. The molecule has 0 atom stereocenters. The lowest BCUT2D eigenvalue weighted by Gasteiger charge is -2.11. The zero-order chi connectivity index (χ0) is 18.2. The molecule has 3 rings (SSSR count). The molecule has 0 unspecified atom stereocenters. The molecule has 0 aliphatic heterocycles. The van der Waals surface area contributed by atoms with Crippen molar-refractivity contribution in [1.29, 1.82) is 0 Å². The summed E-state index contributed by atoms with van der Waals surface area (Å²) in [5.74, 6) is -2.99. The summed E-state index contributed by atoms with van der Waals surface area (Å²) in [5.41, 5.74) is -2.96. The summed E-state index contributed by atoms with van der Waals surface area (Å²) in [6, 6.07) is 5.78. The number of hydrogen-bond acceptors (Lipinski definition) is 4. The molecule has 25 heavy (non-hydrogen) atoms. The molecule has 0 saturated heterocycles. The number of benzene rings is 1. The Hall–Kier alpha value is -2.62. The van der Waals surface area contributed by atoms with E-state index in [-0.39, 0.29) is 9.56 Å². The number of halogens is 5. The van der Waals surface area contributed by atoms with Gasteiger partial charge in [-0.1, -0.05) is 17.3 Å². The smallest absolute Gasteiger partial charge is 0.286 e. The van der Waals surface area contributed by atoms with Crippen molar-refractivity contribution in [3.63, 3.8) is 0 Å². The highest BCUT2D eigenvalue weighted by molar-refractivity contribution is 7.12. The van der Waals surface area contributed by atoms with Gasteiger partial charge in [0, 0.05) is 5.56 Å². The van der Waals surface area contributed by atoms with E-state index in [0.29, 0.717) is 0 Å². The van der Waals surface area contributed by atoms with Crippen LogP contribution in [0.15, 0.2) is 35.7 Å². The van der Waals surface area contributed by atoms with Gasteiger partial charge < -0.3 is 0 Å². The monoisotopic (exact) mass is 373 g/mol. The van der Waals surface area contributed by atoms with E-state index in [9.17, 15) is 26.7 Å². The highest BCUT2D eigenvalue weighted by atomic mass is 32.1. The van der Waals surface area contributed by atoms with Crippen LogP contribution in [0.5, 0.6) is 0 Å². The minimum Gasteiger partial charge on any atom is -0.286 e. The predicted molar refractivity (Wildman–Crippen MR) is 78.2 cm³/mol. The van der Waals surface area contributed by atoms with Crippen molar-refractivity contribution in [3.8, 4) is 0 Å². The van der Waals surface area contributed by atoms with E-state index < -0.39 is 47.1 Å². The van der Waals surface area contributed by atoms with Crippen LogP contribution in [0.1, 0.15) is 26.6 Å². The Labute approximate surface area is 141 Å². The van der Waals surface area contributed by atoms with Crippen molar-refractivity contribution < 1.29 is 26.7 Å². The normalized spacial score (nSPS) is 11.7. The van der Waals surface area contributed by atoms with Crippen LogP contribution in [0.3, 0.4) is 0 Å². The molecule has 10 heteroatoms.